The molecule has 0 spiro atoms. The molecule has 1 aromatic heterocycles. The first-order valence-electron chi connectivity index (χ1n) is 5.78. The second-order valence-electron chi connectivity index (χ2n) is 4.41. The molecule has 0 saturated heterocycles. The summed E-state index contributed by atoms with van der Waals surface area (Å²) in [7, 11) is 0. The van der Waals surface area contributed by atoms with E-state index in [1.54, 1.807) is 37.3 Å². The third kappa shape index (κ3) is 1.59. The molecule has 0 fully saturated rings. The normalized spacial score (nSPS) is 11.0. The molecule has 19 heavy (non-hydrogen) atoms. The zero-order chi connectivity index (χ0) is 13.6. The molecule has 0 atom stereocenters. The van der Waals surface area contributed by atoms with Gasteiger partial charge in [0.05, 0.1) is 10.3 Å². The summed E-state index contributed by atoms with van der Waals surface area (Å²) in [6.07, 6.45) is 0. The Kier molecular flexibility index (Phi) is 2.35. The molecule has 0 radical (unpaired) electrons. The Morgan fingerprint density at radius 2 is 1.89 bits per heavy atom. The average Bonchev–Trinajstić information content (AvgIpc) is 2.38. The predicted molar refractivity (Wildman–Crippen MR) is 73.5 cm³/mol. The summed E-state index contributed by atoms with van der Waals surface area (Å²) in [6, 6.07) is 10.0. The number of nitrogens with zero attached hydrogens (tertiary/aromatic N) is 1. The number of benzene rings is 2. The molecule has 0 bridgehead atoms. The summed E-state index contributed by atoms with van der Waals surface area (Å²) >= 11 is 0. The van der Waals surface area contributed by atoms with Crippen LogP contribution in [0.1, 0.15) is 5.56 Å². The molecule has 1 heterocycles. The summed E-state index contributed by atoms with van der Waals surface area (Å²) in [6.45, 7) is 1.77. The van der Waals surface area contributed by atoms with Crippen molar-refractivity contribution >= 4 is 27.5 Å². The minimum absolute atomic E-state index is 0.0801. The largest absolute Gasteiger partial charge is 0.349 e. The highest BCUT2D eigenvalue weighted by atomic mass is 16.6. The number of hydrogen-bond donors (Lipinski definition) is 1. The van der Waals surface area contributed by atoms with Crippen molar-refractivity contribution in [3.05, 3.63) is 62.3 Å². The fraction of sp³-hybridized carbons (Fsp3) is 0.0714. The lowest BCUT2D eigenvalue weighted by molar-refractivity contribution is -0.383. The zero-order valence-corrected chi connectivity index (χ0v) is 10.1. The minimum atomic E-state index is -0.480. The molecule has 0 amide bonds. The molecule has 3 rings (SSSR count). The molecule has 0 aliphatic carbocycles. The Bertz CT molecular complexity index is 881. The molecule has 5 heteroatoms. The summed E-state index contributed by atoms with van der Waals surface area (Å²) in [5.74, 6) is 0. The second-order valence-corrected chi connectivity index (χ2v) is 4.41. The Hall–Kier alpha value is -2.69. The van der Waals surface area contributed by atoms with Crippen LogP contribution < -0.4 is 5.43 Å². The number of pyridine rings is 1. The van der Waals surface area contributed by atoms with Crippen LogP contribution in [0.3, 0.4) is 0 Å². The van der Waals surface area contributed by atoms with Gasteiger partial charge in [-0.05, 0) is 24.6 Å². The average molecular weight is 254 g/mol. The molecule has 0 aliphatic rings. The van der Waals surface area contributed by atoms with Crippen molar-refractivity contribution in [3.63, 3.8) is 0 Å². The van der Waals surface area contributed by atoms with E-state index in [1.165, 1.54) is 6.07 Å². The van der Waals surface area contributed by atoms with Gasteiger partial charge >= 0.3 is 0 Å². The van der Waals surface area contributed by atoms with Crippen LogP contribution >= 0.6 is 0 Å². The maximum absolute atomic E-state index is 12.4. The molecular formula is C14H10N2O3. The smallest absolute Gasteiger partial charge is 0.293 e. The lowest BCUT2D eigenvalue weighted by Crippen LogP contribution is -2.07. The zero-order valence-electron chi connectivity index (χ0n) is 10.1. The van der Waals surface area contributed by atoms with Gasteiger partial charge in [0.15, 0.2) is 5.43 Å². The molecule has 3 aromatic rings. The Morgan fingerprint density at radius 1 is 1.16 bits per heavy atom. The first-order valence-corrected chi connectivity index (χ1v) is 5.78. The summed E-state index contributed by atoms with van der Waals surface area (Å²) in [4.78, 5) is 26.0. The van der Waals surface area contributed by atoms with Gasteiger partial charge in [0.25, 0.3) is 5.69 Å². The second kappa shape index (κ2) is 3.91. The quantitative estimate of drug-likeness (QED) is 0.412. The van der Waals surface area contributed by atoms with Crippen LogP contribution in [0.2, 0.25) is 0 Å². The molecular weight excluding hydrogens is 244 g/mol. The predicted octanol–water partition coefficient (Wildman–Crippen LogP) is 2.90. The fourth-order valence-corrected chi connectivity index (χ4v) is 2.33. The van der Waals surface area contributed by atoms with Crippen molar-refractivity contribution in [3.8, 4) is 0 Å². The van der Waals surface area contributed by atoms with Crippen molar-refractivity contribution in [2.75, 3.05) is 0 Å². The SMILES string of the molecule is Cc1ccc([N+](=O)[O-])c2[nH]c3ccccc3c(=O)c12. The molecule has 94 valence electrons. The highest BCUT2D eigenvalue weighted by molar-refractivity contribution is 5.98. The van der Waals surface area contributed by atoms with Crippen LogP contribution in [0.15, 0.2) is 41.2 Å². The van der Waals surface area contributed by atoms with Crippen molar-refractivity contribution in [1.82, 2.24) is 4.98 Å². The first-order chi connectivity index (χ1) is 9.09. The van der Waals surface area contributed by atoms with Crippen LogP contribution in [-0.2, 0) is 0 Å². The Labute approximate surface area is 107 Å². The number of aromatic amines is 1. The van der Waals surface area contributed by atoms with Crippen LogP contribution in [0.4, 0.5) is 5.69 Å². The summed E-state index contributed by atoms with van der Waals surface area (Å²) in [5, 5.41) is 12.0. The van der Waals surface area contributed by atoms with Crippen molar-refractivity contribution in [1.29, 1.82) is 0 Å². The van der Waals surface area contributed by atoms with Crippen molar-refractivity contribution in [2.45, 2.75) is 6.92 Å². The van der Waals surface area contributed by atoms with Crippen LogP contribution in [0.25, 0.3) is 21.8 Å². The van der Waals surface area contributed by atoms with Gasteiger partial charge < -0.3 is 4.98 Å². The number of nitro benzene ring substituents is 1. The van der Waals surface area contributed by atoms with Crippen LogP contribution in [-0.4, -0.2) is 9.91 Å². The number of nitrogens with one attached hydrogen (secondary N) is 1. The van der Waals surface area contributed by atoms with E-state index in [-0.39, 0.29) is 16.6 Å². The van der Waals surface area contributed by atoms with Crippen molar-refractivity contribution in [2.24, 2.45) is 0 Å². The van der Waals surface area contributed by atoms with Gasteiger partial charge in [-0.1, -0.05) is 18.2 Å². The topological polar surface area (TPSA) is 76.0 Å². The van der Waals surface area contributed by atoms with E-state index in [0.29, 0.717) is 16.3 Å². The number of fused-ring (bicyclic) bond motifs is 2. The van der Waals surface area contributed by atoms with Crippen molar-refractivity contribution < 1.29 is 4.92 Å². The van der Waals surface area contributed by atoms with Gasteiger partial charge in [0.1, 0.15) is 5.52 Å². The number of nitro groups is 1. The van der Waals surface area contributed by atoms with Gasteiger partial charge in [0.2, 0.25) is 0 Å². The molecule has 0 aliphatic heterocycles. The Morgan fingerprint density at radius 3 is 2.63 bits per heavy atom. The molecule has 0 unspecified atom stereocenters. The number of non-ortho nitro benzene ring substituents is 1. The van der Waals surface area contributed by atoms with Crippen LogP contribution in [0.5, 0.6) is 0 Å². The van der Waals surface area contributed by atoms with Crippen LogP contribution in [0, 0.1) is 17.0 Å². The van der Waals surface area contributed by atoms with E-state index < -0.39 is 4.92 Å². The number of rotatable bonds is 1. The van der Waals surface area contributed by atoms with Gasteiger partial charge in [-0.15, -0.1) is 0 Å². The summed E-state index contributed by atoms with van der Waals surface area (Å²) in [5.41, 5.74) is 1.36. The maximum atomic E-state index is 12.4. The lowest BCUT2D eigenvalue weighted by Gasteiger charge is -2.05. The maximum Gasteiger partial charge on any atom is 0.293 e. The molecule has 1 N–H and O–H groups in total. The minimum Gasteiger partial charge on any atom is -0.349 e. The van der Waals surface area contributed by atoms with E-state index in [2.05, 4.69) is 4.98 Å². The van der Waals surface area contributed by atoms with E-state index in [1.807, 2.05) is 0 Å². The number of aryl methyl sites for hydroxylation is 1. The van der Waals surface area contributed by atoms with E-state index in [4.69, 9.17) is 0 Å². The van der Waals surface area contributed by atoms with E-state index in [9.17, 15) is 14.9 Å². The Balaban J connectivity index is 2.64. The third-order valence-corrected chi connectivity index (χ3v) is 3.25. The number of hydrogen-bond acceptors (Lipinski definition) is 3. The lowest BCUT2D eigenvalue weighted by atomic mass is 10.0. The van der Waals surface area contributed by atoms with Gasteiger partial charge in [-0.25, -0.2) is 0 Å². The van der Waals surface area contributed by atoms with Gasteiger partial charge in [0, 0.05) is 17.0 Å². The monoisotopic (exact) mass is 254 g/mol. The van der Waals surface area contributed by atoms with Gasteiger partial charge in [-0.3, -0.25) is 14.9 Å². The molecule has 0 saturated carbocycles. The molecule has 5 nitrogen and oxygen atoms in total. The first kappa shape index (κ1) is 11.4. The fourth-order valence-electron chi connectivity index (χ4n) is 2.33. The number of aromatic nitrogens is 1. The highest BCUT2D eigenvalue weighted by Crippen LogP contribution is 2.26. The highest BCUT2D eigenvalue weighted by Gasteiger charge is 2.17. The third-order valence-electron chi connectivity index (χ3n) is 3.25. The summed E-state index contributed by atoms with van der Waals surface area (Å²) < 4.78 is 0. The number of para-hydroxylation sites is 1. The van der Waals surface area contributed by atoms with Gasteiger partial charge in [-0.2, -0.15) is 0 Å². The van der Waals surface area contributed by atoms with E-state index >= 15 is 0 Å². The standard InChI is InChI=1S/C14H10N2O3/c1-8-6-7-11(16(18)19)13-12(8)14(17)9-4-2-3-5-10(9)15-13/h2-7H,1H3,(H,15,17). The number of H-pyrrole nitrogens is 1. The molecule has 2 aromatic carbocycles. The van der Waals surface area contributed by atoms with E-state index in [0.717, 1.165) is 5.56 Å².